The van der Waals surface area contributed by atoms with E-state index in [9.17, 15) is 4.79 Å². The summed E-state index contributed by atoms with van der Waals surface area (Å²) < 4.78 is 20.9. The standard InChI is InChI=1S/C15H15ClO5/c1-18-11-2-4-12(5-3-11)19-6-7-20-15-10-21-13(9-16)8-14(15)17/h2-5,8,10H,6-7,9H2,1H3. The van der Waals surface area contributed by atoms with Gasteiger partial charge in [0.1, 0.15) is 36.7 Å². The van der Waals surface area contributed by atoms with Crippen molar-refractivity contribution in [3.05, 3.63) is 52.6 Å². The highest BCUT2D eigenvalue weighted by molar-refractivity contribution is 6.16. The Hall–Kier alpha value is -2.14. The molecule has 6 heteroatoms. The van der Waals surface area contributed by atoms with Gasteiger partial charge < -0.3 is 18.6 Å². The Morgan fingerprint density at radius 3 is 2.38 bits per heavy atom. The van der Waals surface area contributed by atoms with Crippen LogP contribution < -0.4 is 19.6 Å². The third-order valence-electron chi connectivity index (χ3n) is 2.65. The Labute approximate surface area is 127 Å². The fourth-order valence-electron chi connectivity index (χ4n) is 1.60. The maximum absolute atomic E-state index is 11.6. The summed E-state index contributed by atoms with van der Waals surface area (Å²) in [5.41, 5.74) is -0.263. The number of benzene rings is 1. The first-order valence-electron chi connectivity index (χ1n) is 6.30. The number of alkyl halides is 1. The highest BCUT2D eigenvalue weighted by Crippen LogP contribution is 2.16. The van der Waals surface area contributed by atoms with E-state index in [1.54, 1.807) is 31.4 Å². The Morgan fingerprint density at radius 1 is 1.10 bits per heavy atom. The molecule has 1 aromatic carbocycles. The number of methoxy groups -OCH3 is 1. The molecule has 2 rings (SSSR count). The van der Waals surface area contributed by atoms with Gasteiger partial charge in [-0.05, 0) is 24.3 Å². The predicted octanol–water partition coefficient (Wildman–Crippen LogP) is 2.85. The molecule has 0 aliphatic heterocycles. The molecule has 0 bridgehead atoms. The van der Waals surface area contributed by atoms with Gasteiger partial charge >= 0.3 is 0 Å². The minimum absolute atomic E-state index is 0.141. The van der Waals surface area contributed by atoms with E-state index in [0.717, 1.165) is 5.75 Å². The van der Waals surface area contributed by atoms with Gasteiger partial charge in [-0.25, -0.2) is 0 Å². The van der Waals surface area contributed by atoms with E-state index in [4.69, 9.17) is 30.2 Å². The van der Waals surface area contributed by atoms with Gasteiger partial charge in [-0.3, -0.25) is 4.79 Å². The molecule has 0 saturated heterocycles. The molecule has 0 saturated carbocycles. The Balaban J connectivity index is 1.80. The van der Waals surface area contributed by atoms with Gasteiger partial charge in [0.15, 0.2) is 0 Å². The molecule has 5 nitrogen and oxygen atoms in total. The summed E-state index contributed by atoms with van der Waals surface area (Å²) in [6.07, 6.45) is 1.26. The van der Waals surface area contributed by atoms with Crippen LogP contribution in [0.25, 0.3) is 0 Å². The summed E-state index contributed by atoms with van der Waals surface area (Å²) in [7, 11) is 1.60. The summed E-state index contributed by atoms with van der Waals surface area (Å²) in [5.74, 6) is 2.15. The van der Waals surface area contributed by atoms with E-state index in [2.05, 4.69) is 0 Å². The molecule has 0 aliphatic rings. The molecule has 0 atom stereocenters. The SMILES string of the molecule is COc1ccc(OCCOc2coc(CCl)cc2=O)cc1. The van der Waals surface area contributed by atoms with Crippen LogP contribution in [0.2, 0.25) is 0 Å². The molecule has 0 aliphatic carbocycles. The highest BCUT2D eigenvalue weighted by atomic mass is 35.5. The van der Waals surface area contributed by atoms with Crippen LogP contribution in [0.15, 0.2) is 45.8 Å². The number of hydrogen-bond donors (Lipinski definition) is 0. The summed E-state index contributed by atoms with van der Waals surface area (Å²) in [6, 6.07) is 8.50. The van der Waals surface area contributed by atoms with Crippen molar-refractivity contribution in [3.63, 3.8) is 0 Å². The monoisotopic (exact) mass is 310 g/mol. The molecule has 1 aromatic heterocycles. The van der Waals surface area contributed by atoms with Crippen LogP contribution in [0.1, 0.15) is 5.76 Å². The Bertz CT molecular complexity index is 621. The zero-order valence-electron chi connectivity index (χ0n) is 11.5. The molecule has 0 N–H and O–H groups in total. The highest BCUT2D eigenvalue weighted by Gasteiger charge is 2.04. The fraction of sp³-hybridized carbons (Fsp3) is 0.267. The van der Waals surface area contributed by atoms with Gasteiger partial charge in [0, 0.05) is 6.07 Å². The first-order valence-corrected chi connectivity index (χ1v) is 6.83. The van der Waals surface area contributed by atoms with Crippen LogP contribution in [-0.4, -0.2) is 20.3 Å². The molecule has 112 valence electrons. The maximum atomic E-state index is 11.6. The van der Waals surface area contributed by atoms with Gasteiger partial charge in [-0.1, -0.05) is 0 Å². The predicted molar refractivity (Wildman–Crippen MR) is 78.5 cm³/mol. The van der Waals surface area contributed by atoms with Crippen molar-refractivity contribution in [2.45, 2.75) is 5.88 Å². The van der Waals surface area contributed by atoms with Crippen molar-refractivity contribution in [2.75, 3.05) is 20.3 Å². The van der Waals surface area contributed by atoms with E-state index in [0.29, 0.717) is 18.1 Å². The lowest BCUT2D eigenvalue weighted by atomic mass is 10.3. The number of rotatable bonds is 7. The normalized spacial score (nSPS) is 10.2. The molecule has 0 unspecified atom stereocenters. The minimum atomic E-state index is -0.263. The van der Waals surface area contributed by atoms with Crippen molar-refractivity contribution < 1.29 is 18.6 Å². The lowest BCUT2D eigenvalue weighted by Crippen LogP contribution is -2.13. The maximum Gasteiger partial charge on any atom is 0.227 e. The summed E-state index contributed by atoms with van der Waals surface area (Å²) in [5, 5.41) is 0. The Morgan fingerprint density at radius 2 is 1.76 bits per heavy atom. The van der Waals surface area contributed by atoms with Crippen LogP contribution in [0.3, 0.4) is 0 Å². The van der Waals surface area contributed by atoms with E-state index >= 15 is 0 Å². The van der Waals surface area contributed by atoms with Gasteiger partial charge in [0.25, 0.3) is 0 Å². The molecule has 21 heavy (non-hydrogen) atoms. The van der Waals surface area contributed by atoms with E-state index < -0.39 is 0 Å². The quantitative estimate of drug-likeness (QED) is 0.581. The topological polar surface area (TPSA) is 57.9 Å². The molecule has 2 aromatic rings. The largest absolute Gasteiger partial charge is 0.497 e. The van der Waals surface area contributed by atoms with Crippen molar-refractivity contribution in [1.29, 1.82) is 0 Å². The smallest absolute Gasteiger partial charge is 0.227 e. The third-order valence-corrected chi connectivity index (χ3v) is 2.92. The van der Waals surface area contributed by atoms with Crippen molar-refractivity contribution >= 4 is 11.6 Å². The molecular weight excluding hydrogens is 296 g/mol. The van der Waals surface area contributed by atoms with E-state index in [1.807, 2.05) is 0 Å². The molecular formula is C15H15ClO5. The average Bonchev–Trinajstić information content (AvgIpc) is 2.53. The van der Waals surface area contributed by atoms with Gasteiger partial charge in [-0.2, -0.15) is 0 Å². The van der Waals surface area contributed by atoms with Gasteiger partial charge in [0.2, 0.25) is 11.2 Å². The second-order valence-corrected chi connectivity index (χ2v) is 4.35. The second-order valence-electron chi connectivity index (χ2n) is 4.08. The van der Waals surface area contributed by atoms with E-state index in [1.165, 1.54) is 12.3 Å². The number of ether oxygens (including phenoxy) is 3. The lowest BCUT2D eigenvalue weighted by molar-refractivity contribution is 0.212. The third kappa shape index (κ3) is 4.43. The van der Waals surface area contributed by atoms with Crippen LogP contribution in [0.5, 0.6) is 17.2 Å². The zero-order valence-corrected chi connectivity index (χ0v) is 12.3. The van der Waals surface area contributed by atoms with Crippen molar-refractivity contribution in [1.82, 2.24) is 0 Å². The second kappa shape index (κ2) is 7.59. The van der Waals surface area contributed by atoms with Gasteiger partial charge in [-0.15, -0.1) is 11.6 Å². The molecule has 0 spiro atoms. The number of hydrogen-bond acceptors (Lipinski definition) is 5. The van der Waals surface area contributed by atoms with Crippen LogP contribution in [0.4, 0.5) is 0 Å². The van der Waals surface area contributed by atoms with Crippen LogP contribution in [-0.2, 0) is 5.88 Å². The summed E-state index contributed by atoms with van der Waals surface area (Å²) in [4.78, 5) is 11.6. The Kier molecular flexibility index (Phi) is 5.51. The zero-order chi connectivity index (χ0) is 15.1. The van der Waals surface area contributed by atoms with E-state index in [-0.39, 0.29) is 23.7 Å². The van der Waals surface area contributed by atoms with Crippen LogP contribution in [0, 0.1) is 0 Å². The van der Waals surface area contributed by atoms with Crippen LogP contribution >= 0.6 is 11.6 Å². The molecule has 1 heterocycles. The first kappa shape index (κ1) is 15.3. The molecule has 0 fully saturated rings. The first-order chi connectivity index (χ1) is 10.2. The lowest BCUT2D eigenvalue weighted by Gasteiger charge is -2.08. The molecule has 0 amide bonds. The number of halogens is 1. The summed E-state index contributed by atoms with van der Waals surface area (Å²) >= 11 is 5.57. The van der Waals surface area contributed by atoms with Gasteiger partial charge in [0.05, 0.1) is 13.0 Å². The minimum Gasteiger partial charge on any atom is -0.497 e. The fourth-order valence-corrected chi connectivity index (χ4v) is 1.74. The van der Waals surface area contributed by atoms with Crippen molar-refractivity contribution in [3.8, 4) is 17.2 Å². The van der Waals surface area contributed by atoms with Crippen molar-refractivity contribution in [2.24, 2.45) is 0 Å². The average molecular weight is 311 g/mol. The summed E-state index contributed by atoms with van der Waals surface area (Å²) in [6.45, 7) is 0.542. The molecule has 0 radical (unpaired) electrons.